The molecule has 1 aromatic rings. The fourth-order valence-electron chi connectivity index (χ4n) is 1.87. The highest BCUT2D eigenvalue weighted by Crippen LogP contribution is 2.27. The highest BCUT2D eigenvalue weighted by atomic mass is 32.2. The molecular formula is C12H17NO4S. The van der Waals surface area contributed by atoms with E-state index in [9.17, 15) is 8.42 Å². The summed E-state index contributed by atoms with van der Waals surface area (Å²) in [6.07, 6.45) is 1.28. The molecule has 18 heavy (non-hydrogen) atoms. The third-order valence-corrected chi connectivity index (χ3v) is 4.52. The molecule has 0 saturated carbocycles. The number of fused-ring (bicyclic) bond motifs is 1. The van der Waals surface area contributed by atoms with Crippen LogP contribution in [-0.4, -0.2) is 32.8 Å². The van der Waals surface area contributed by atoms with Crippen LogP contribution in [0.5, 0.6) is 5.75 Å². The summed E-state index contributed by atoms with van der Waals surface area (Å²) >= 11 is 0. The van der Waals surface area contributed by atoms with Crippen LogP contribution in [0.15, 0.2) is 23.1 Å². The molecular weight excluding hydrogens is 254 g/mol. The number of benzene rings is 1. The van der Waals surface area contributed by atoms with E-state index >= 15 is 0 Å². The lowest BCUT2D eigenvalue weighted by atomic mass is 10.2. The first-order valence-electron chi connectivity index (χ1n) is 5.95. The van der Waals surface area contributed by atoms with Crippen molar-refractivity contribution in [3.63, 3.8) is 0 Å². The van der Waals surface area contributed by atoms with E-state index in [0.717, 1.165) is 17.7 Å². The molecule has 0 bridgehead atoms. The first-order chi connectivity index (χ1) is 8.56. The van der Waals surface area contributed by atoms with Gasteiger partial charge in [0, 0.05) is 12.5 Å². The summed E-state index contributed by atoms with van der Waals surface area (Å²) in [4.78, 5) is 0.221. The van der Waals surface area contributed by atoms with Gasteiger partial charge in [-0.1, -0.05) is 6.92 Å². The molecule has 2 N–H and O–H groups in total. The van der Waals surface area contributed by atoms with Crippen LogP contribution in [0.3, 0.4) is 0 Å². The van der Waals surface area contributed by atoms with Crippen molar-refractivity contribution >= 4 is 10.0 Å². The number of ether oxygens (including phenoxy) is 1. The molecule has 1 heterocycles. The Labute approximate surface area is 107 Å². The van der Waals surface area contributed by atoms with E-state index in [4.69, 9.17) is 9.84 Å². The Kier molecular flexibility index (Phi) is 3.89. The van der Waals surface area contributed by atoms with Gasteiger partial charge in [0.25, 0.3) is 0 Å². The zero-order chi connectivity index (χ0) is 13.2. The van der Waals surface area contributed by atoms with E-state index < -0.39 is 16.1 Å². The number of rotatable bonds is 5. The average molecular weight is 271 g/mol. The predicted octanol–water partition coefficient (Wildman–Crippen LogP) is 0.671. The van der Waals surface area contributed by atoms with E-state index in [-0.39, 0.29) is 11.5 Å². The van der Waals surface area contributed by atoms with Gasteiger partial charge in [0.1, 0.15) is 5.75 Å². The fourth-order valence-corrected chi connectivity index (χ4v) is 3.23. The van der Waals surface area contributed by atoms with Crippen LogP contribution in [0, 0.1) is 0 Å². The van der Waals surface area contributed by atoms with Crippen LogP contribution in [0.25, 0.3) is 0 Å². The Morgan fingerprint density at radius 2 is 2.28 bits per heavy atom. The van der Waals surface area contributed by atoms with Gasteiger partial charge in [-0.05, 0) is 30.2 Å². The summed E-state index contributed by atoms with van der Waals surface area (Å²) in [7, 11) is -3.57. The molecule has 1 atom stereocenters. The molecule has 2 rings (SSSR count). The van der Waals surface area contributed by atoms with Crippen molar-refractivity contribution in [2.75, 3.05) is 13.2 Å². The van der Waals surface area contributed by atoms with Crippen LogP contribution in [0.1, 0.15) is 18.9 Å². The Morgan fingerprint density at radius 1 is 1.50 bits per heavy atom. The van der Waals surface area contributed by atoms with Gasteiger partial charge in [0.15, 0.2) is 0 Å². The van der Waals surface area contributed by atoms with E-state index in [2.05, 4.69) is 4.72 Å². The van der Waals surface area contributed by atoms with Gasteiger partial charge in [0.05, 0.1) is 18.1 Å². The summed E-state index contributed by atoms with van der Waals surface area (Å²) in [5, 5.41) is 9.04. The Hall–Kier alpha value is -1.11. The van der Waals surface area contributed by atoms with Crippen molar-refractivity contribution in [1.82, 2.24) is 4.72 Å². The number of aliphatic hydroxyl groups excluding tert-OH is 1. The fraction of sp³-hybridized carbons (Fsp3) is 0.500. The molecule has 1 aromatic carbocycles. The topological polar surface area (TPSA) is 75.6 Å². The zero-order valence-electron chi connectivity index (χ0n) is 10.2. The first kappa shape index (κ1) is 13.3. The summed E-state index contributed by atoms with van der Waals surface area (Å²) < 4.78 is 32.0. The standard InChI is InChI=1S/C12H17NO4S/c1-2-10(8-14)13-18(15,16)11-3-4-12-9(7-11)5-6-17-12/h3-4,7,10,13-14H,2,5-6,8H2,1H3/t10-/m0/s1. The lowest BCUT2D eigenvalue weighted by molar-refractivity contribution is 0.254. The quantitative estimate of drug-likeness (QED) is 0.825. The Bertz CT molecular complexity index is 523. The minimum Gasteiger partial charge on any atom is -0.493 e. The van der Waals surface area contributed by atoms with Gasteiger partial charge in [-0.3, -0.25) is 0 Å². The van der Waals surface area contributed by atoms with Crippen LogP contribution < -0.4 is 9.46 Å². The molecule has 0 fully saturated rings. The highest BCUT2D eigenvalue weighted by Gasteiger charge is 2.21. The van der Waals surface area contributed by atoms with Crippen LogP contribution >= 0.6 is 0 Å². The van der Waals surface area contributed by atoms with Gasteiger partial charge in [-0.15, -0.1) is 0 Å². The lowest BCUT2D eigenvalue weighted by Crippen LogP contribution is -2.36. The van der Waals surface area contributed by atoms with Crippen molar-refractivity contribution in [2.45, 2.75) is 30.7 Å². The third kappa shape index (κ3) is 2.66. The number of hydrogen-bond acceptors (Lipinski definition) is 4. The number of nitrogens with one attached hydrogen (secondary N) is 1. The summed E-state index contributed by atoms with van der Waals surface area (Å²) in [5.41, 5.74) is 0.912. The molecule has 0 radical (unpaired) electrons. The van der Waals surface area contributed by atoms with E-state index in [1.165, 1.54) is 6.07 Å². The summed E-state index contributed by atoms with van der Waals surface area (Å²) in [6.45, 7) is 2.21. The molecule has 6 heteroatoms. The third-order valence-electron chi connectivity index (χ3n) is 3.01. The SMILES string of the molecule is CC[C@@H](CO)NS(=O)(=O)c1ccc2c(c1)CCO2. The van der Waals surface area contributed by atoms with E-state index in [0.29, 0.717) is 13.0 Å². The molecule has 0 aromatic heterocycles. The summed E-state index contributed by atoms with van der Waals surface area (Å²) in [5.74, 6) is 0.753. The number of hydrogen-bond donors (Lipinski definition) is 2. The molecule has 0 saturated heterocycles. The van der Waals surface area contributed by atoms with Gasteiger partial charge < -0.3 is 9.84 Å². The Morgan fingerprint density at radius 3 is 2.94 bits per heavy atom. The van der Waals surface area contributed by atoms with Crippen LogP contribution in [-0.2, 0) is 16.4 Å². The van der Waals surface area contributed by atoms with Crippen molar-refractivity contribution in [1.29, 1.82) is 0 Å². The van der Waals surface area contributed by atoms with Gasteiger partial charge in [-0.2, -0.15) is 0 Å². The van der Waals surface area contributed by atoms with E-state index in [1.54, 1.807) is 12.1 Å². The van der Waals surface area contributed by atoms with Gasteiger partial charge >= 0.3 is 0 Å². The first-order valence-corrected chi connectivity index (χ1v) is 7.44. The second-order valence-corrected chi connectivity index (χ2v) is 5.99. The van der Waals surface area contributed by atoms with Gasteiger partial charge in [0.2, 0.25) is 10.0 Å². The lowest BCUT2D eigenvalue weighted by Gasteiger charge is -2.14. The number of sulfonamides is 1. The van der Waals surface area contributed by atoms with E-state index in [1.807, 2.05) is 6.92 Å². The minimum atomic E-state index is -3.57. The smallest absolute Gasteiger partial charge is 0.240 e. The maximum Gasteiger partial charge on any atom is 0.240 e. The van der Waals surface area contributed by atoms with Crippen molar-refractivity contribution < 1.29 is 18.3 Å². The molecule has 100 valence electrons. The van der Waals surface area contributed by atoms with Gasteiger partial charge in [-0.25, -0.2) is 13.1 Å². The van der Waals surface area contributed by atoms with Crippen molar-refractivity contribution in [3.8, 4) is 5.75 Å². The molecule has 1 aliphatic heterocycles. The number of aliphatic hydroxyl groups is 1. The predicted molar refractivity (Wildman–Crippen MR) is 67.1 cm³/mol. The molecule has 0 spiro atoms. The second-order valence-electron chi connectivity index (χ2n) is 4.28. The molecule has 0 unspecified atom stereocenters. The molecule has 0 amide bonds. The van der Waals surface area contributed by atoms with Crippen molar-refractivity contribution in [3.05, 3.63) is 23.8 Å². The Balaban J connectivity index is 2.24. The van der Waals surface area contributed by atoms with Crippen LogP contribution in [0.4, 0.5) is 0 Å². The van der Waals surface area contributed by atoms with Crippen molar-refractivity contribution in [2.24, 2.45) is 0 Å². The zero-order valence-corrected chi connectivity index (χ0v) is 11.0. The minimum absolute atomic E-state index is 0.205. The monoisotopic (exact) mass is 271 g/mol. The second kappa shape index (κ2) is 5.26. The van der Waals surface area contributed by atoms with Crippen LogP contribution in [0.2, 0.25) is 0 Å². The molecule has 1 aliphatic rings. The highest BCUT2D eigenvalue weighted by molar-refractivity contribution is 7.89. The maximum atomic E-state index is 12.1. The summed E-state index contributed by atoms with van der Waals surface area (Å²) in [6, 6.07) is 4.39. The largest absolute Gasteiger partial charge is 0.493 e. The molecule has 5 nitrogen and oxygen atoms in total. The normalized spacial score (nSPS) is 16.1. The maximum absolute atomic E-state index is 12.1. The average Bonchev–Trinajstić information content (AvgIpc) is 2.83. The molecule has 0 aliphatic carbocycles.